The van der Waals surface area contributed by atoms with Crippen LogP contribution >= 0.6 is 11.6 Å². The molecular weight excluding hydrogens is 349 g/mol. The first-order valence-electron chi connectivity index (χ1n) is 6.94. The van der Waals surface area contributed by atoms with Gasteiger partial charge in [-0.25, -0.2) is 0 Å². The van der Waals surface area contributed by atoms with Crippen LogP contribution in [0.4, 0.5) is 19.1 Å². The van der Waals surface area contributed by atoms with Crippen LogP contribution in [-0.2, 0) is 11.0 Å². The molecule has 10 heteroatoms. The molecular formula is C14H14ClF3N4O2. The third-order valence-electron chi connectivity index (χ3n) is 2.95. The highest BCUT2D eigenvalue weighted by Gasteiger charge is 2.35. The Balaban J connectivity index is 1.73. The smallest absolute Gasteiger partial charge is 0.451 e. The maximum Gasteiger partial charge on any atom is 0.451 e. The number of hydrogen-bond acceptors (Lipinski definition) is 4. The number of hydrogen-bond donors (Lipinski definition) is 2. The lowest BCUT2D eigenvalue weighted by Gasteiger charge is -2.07. The molecule has 2 N–H and O–H groups in total. The summed E-state index contributed by atoms with van der Waals surface area (Å²) in [4.78, 5) is 14.8. The number of alkyl halides is 3. The van der Waals surface area contributed by atoms with E-state index in [-0.39, 0.29) is 13.0 Å². The number of anilines is 1. The predicted molar refractivity (Wildman–Crippen MR) is 80.9 cm³/mol. The van der Waals surface area contributed by atoms with E-state index in [0.717, 1.165) is 5.56 Å². The Morgan fingerprint density at radius 2 is 2.17 bits per heavy atom. The molecule has 0 bridgehead atoms. The Bertz CT molecular complexity index is 718. The van der Waals surface area contributed by atoms with Crippen molar-refractivity contribution in [3.05, 3.63) is 34.6 Å². The molecule has 130 valence electrons. The molecule has 0 fully saturated rings. The predicted octanol–water partition coefficient (Wildman–Crippen LogP) is 3.58. The summed E-state index contributed by atoms with van der Waals surface area (Å²) in [7, 11) is 0. The van der Waals surface area contributed by atoms with Gasteiger partial charge in [-0.05, 0) is 37.1 Å². The van der Waals surface area contributed by atoms with E-state index < -0.39 is 23.9 Å². The minimum atomic E-state index is -4.64. The Kier molecular flexibility index (Phi) is 5.66. The minimum Gasteiger partial charge on any atom is -0.494 e. The first-order chi connectivity index (χ1) is 11.3. The van der Waals surface area contributed by atoms with Crippen molar-refractivity contribution in [2.45, 2.75) is 25.9 Å². The number of carbonyl (C=O) groups excluding carboxylic acids is 1. The van der Waals surface area contributed by atoms with Crippen molar-refractivity contribution in [1.82, 2.24) is 15.2 Å². The third-order valence-corrected chi connectivity index (χ3v) is 3.38. The molecule has 0 saturated carbocycles. The van der Waals surface area contributed by atoms with Crippen LogP contribution in [0, 0.1) is 6.92 Å². The molecule has 0 aliphatic rings. The van der Waals surface area contributed by atoms with Crippen molar-refractivity contribution >= 4 is 23.5 Å². The summed E-state index contributed by atoms with van der Waals surface area (Å²) >= 11 is 5.90. The summed E-state index contributed by atoms with van der Waals surface area (Å²) in [6.07, 6.45) is -4.20. The Labute approximate surface area is 140 Å². The molecule has 0 spiro atoms. The van der Waals surface area contributed by atoms with Gasteiger partial charge in [0.05, 0.1) is 6.61 Å². The van der Waals surface area contributed by atoms with Crippen molar-refractivity contribution in [1.29, 1.82) is 0 Å². The fourth-order valence-corrected chi connectivity index (χ4v) is 1.88. The number of aromatic amines is 1. The molecule has 1 heterocycles. The van der Waals surface area contributed by atoms with Gasteiger partial charge in [0.2, 0.25) is 17.7 Å². The Hall–Kier alpha value is -2.29. The number of aryl methyl sites for hydroxylation is 1. The summed E-state index contributed by atoms with van der Waals surface area (Å²) in [6, 6.07) is 5.19. The van der Waals surface area contributed by atoms with Crippen LogP contribution in [0.5, 0.6) is 5.75 Å². The Morgan fingerprint density at radius 1 is 1.42 bits per heavy atom. The number of benzene rings is 1. The van der Waals surface area contributed by atoms with Gasteiger partial charge in [-0.15, -0.1) is 5.10 Å². The van der Waals surface area contributed by atoms with E-state index in [1.807, 2.05) is 6.92 Å². The number of halogens is 4. The molecule has 2 aromatic rings. The number of aromatic nitrogens is 3. The van der Waals surface area contributed by atoms with Crippen molar-refractivity contribution in [3.63, 3.8) is 0 Å². The van der Waals surface area contributed by atoms with Gasteiger partial charge in [-0.2, -0.15) is 18.2 Å². The van der Waals surface area contributed by atoms with Gasteiger partial charge in [0.25, 0.3) is 0 Å². The van der Waals surface area contributed by atoms with E-state index in [0.29, 0.717) is 17.2 Å². The van der Waals surface area contributed by atoms with Gasteiger partial charge >= 0.3 is 6.18 Å². The summed E-state index contributed by atoms with van der Waals surface area (Å²) in [6.45, 7) is 2.12. The summed E-state index contributed by atoms with van der Waals surface area (Å²) in [5.74, 6) is -1.56. The number of nitrogens with zero attached hydrogens (tertiary/aromatic N) is 2. The molecule has 0 unspecified atom stereocenters. The van der Waals surface area contributed by atoms with E-state index in [9.17, 15) is 18.0 Å². The number of carbonyl (C=O) groups is 1. The highest BCUT2D eigenvalue weighted by Crippen LogP contribution is 2.26. The summed E-state index contributed by atoms with van der Waals surface area (Å²) in [5, 5.41) is 7.81. The first-order valence-corrected chi connectivity index (χ1v) is 7.32. The average molecular weight is 363 g/mol. The van der Waals surface area contributed by atoms with E-state index >= 15 is 0 Å². The zero-order valence-electron chi connectivity index (χ0n) is 12.6. The lowest BCUT2D eigenvalue weighted by molar-refractivity contribution is -0.144. The van der Waals surface area contributed by atoms with Gasteiger partial charge in [0.1, 0.15) is 5.75 Å². The molecule has 24 heavy (non-hydrogen) atoms. The second-order valence-electron chi connectivity index (χ2n) is 4.92. The number of nitrogens with one attached hydrogen (secondary N) is 2. The van der Waals surface area contributed by atoms with E-state index in [1.165, 1.54) is 0 Å². The average Bonchev–Trinajstić information content (AvgIpc) is 2.96. The fraction of sp³-hybridized carbons (Fsp3) is 0.357. The molecule has 0 radical (unpaired) electrons. The van der Waals surface area contributed by atoms with Crippen LogP contribution < -0.4 is 10.1 Å². The topological polar surface area (TPSA) is 79.9 Å². The molecule has 0 aliphatic carbocycles. The molecule has 2 rings (SSSR count). The Morgan fingerprint density at radius 3 is 2.79 bits per heavy atom. The summed E-state index contributed by atoms with van der Waals surface area (Å²) < 4.78 is 42.5. The second-order valence-corrected chi connectivity index (χ2v) is 5.32. The highest BCUT2D eigenvalue weighted by molar-refractivity contribution is 6.31. The minimum absolute atomic E-state index is 0.0580. The van der Waals surface area contributed by atoms with E-state index in [2.05, 4.69) is 15.4 Å². The van der Waals surface area contributed by atoms with Crippen LogP contribution in [-0.4, -0.2) is 27.7 Å². The first kappa shape index (κ1) is 18.1. The molecule has 6 nitrogen and oxygen atoms in total. The van der Waals surface area contributed by atoms with Crippen LogP contribution in [0.2, 0.25) is 5.02 Å². The van der Waals surface area contributed by atoms with Crippen molar-refractivity contribution in [3.8, 4) is 5.75 Å². The molecule has 1 aromatic carbocycles. The van der Waals surface area contributed by atoms with Gasteiger partial charge < -0.3 is 4.74 Å². The number of ether oxygens (including phenoxy) is 1. The number of amides is 1. The van der Waals surface area contributed by atoms with Crippen molar-refractivity contribution in [2.75, 3.05) is 11.9 Å². The quantitative estimate of drug-likeness (QED) is 0.770. The van der Waals surface area contributed by atoms with Crippen molar-refractivity contribution in [2.24, 2.45) is 0 Å². The zero-order chi connectivity index (χ0) is 17.7. The maximum absolute atomic E-state index is 12.3. The van der Waals surface area contributed by atoms with Gasteiger partial charge in [-0.1, -0.05) is 11.6 Å². The fourth-order valence-electron chi connectivity index (χ4n) is 1.76. The highest BCUT2D eigenvalue weighted by atomic mass is 35.5. The van der Waals surface area contributed by atoms with Crippen molar-refractivity contribution < 1.29 is 22.7 Å². The molecule has 0 saturated heterocycles. The number of H-pyrrole nitrogens is 1. The SMILES string of the molecule is Cc1cc(OCCCC(=O)Nc2n[nH]c(C(F)(F)F)n2)ccc1Cl. The lowest BCUT2D eigenvalue weighted by atomic mass is 10.2. The van der Waals surface area contributed by atoms with Gasteiger partial charge in [0.15, 0.2) is 0 Å². The monoisotopic (exact) mass is 362 g/mol. The van der Waals surface area contributed by atoms with Gasteiger partial charge in [-0.3, -0.25) is 15.2 Å². The van der Waals surface area contributed by atoms with Crippen LogP contribution in [0.1, 0.15) is 24.2 Å². The summed E-state index contributed by atoms with van der Waals surface area (Å²) in [5.41, 5.74) is 0.872. The van der Waals surface area contributed by atoms with Crippen LogP contribution in [0.15, 0.2) is 18.2 Å². The largest absolute Gasteiger partial charge is 0.494 e. The zero-order valence-corrected chi connectivity index (χ0v) is 13.3. The standard InChI is InChI=1S/C14H14ClF3N4O2/c1-8-7-9(4-5-10(8)15)24-6-2-3-11(23)19-13-20-12(21-22-13)14(16,17)18/h4-5,7H,2-3,6H2,1H3,(H2,19,20,21,22,23). The lowest BCUT2D eigenvalue weighted by Crippen LogP contribution is -2.14. The van der Waals surface area contributed by atoms with E-state index in [1.54, 1.807) is 23.3 Å². The normalized spacial score (nSPS) is 11.4. The molecule has 1 amide bonds. The number of rotatable bonds is 6. The molecule has 0 aliphatic heterocycles. The molecule has 0 atom stereocenters. The van der Waals surface area contributed by atoms with Crippen LogP contribution in [0.25, 0.3) is 0 Å². The van der Waals surface area contributed by atoms with Gasteiger partial charge in [0, 0.05) is 11.4 Å². The molecule has 1 aromatic heterocycles. The second kappa shape index (κ2) is 7.52. The van der Waals surface area contributed by atoms with E-state index in [4.69, 9.17) is 16.3 Å². The maximum atomic E-state index is 12.3. The third kappa shape index (κ3) is 5.12. The van der Waals surface area contributed by atoms with Crippen LogP contribution in [0.3, 0.4) is 0 Å².